The number of rotatable bonds is 4. The summed E-state index contributed by atoms with van der Waals surface area (Å²) in [6.45, 7) is 5.15. The zero-order valence-electron chi connectivity index (χ0n) is 11.3. The van der Waals surface area contributed by atoms with Gasteiger partial charge in [-0.1, -0.05) is 36.4 Å². The van der Waals surface area contributed by atoms with Gasteiger partial charge in [0.2, 0.25) is 0 Å². The fourth-order valence-electron chi connectivity index (χ4n) is 1.83. The number of hydrogen-bond donors (Lipinski definition) is 1. The van der Waals surface area contributed by atoms with Crippen LogP contribution in [0.1, 0.15) is 26.3 Å². The van der Waals surface area contributed by atoms with Gasteiger partial charge in [0.25, 0.3) is 0 Å². The van der Waals surface area contributed by atoms with Crippen molar-refractivity contribution < 1.29 is 14.6 Å². The van der Waals surface area contributed by atoms with Crippen LogP contribution in [0, 0.1) is 5.41 Å². The topological polar surface area (TPSA) is 46.5 Å². The molecule has 0 unspecified atom stereocenters. The van der Waals surface area contributed by atoms with Crippen molar-refractivity contribution >= 4 is 12.0 Å². The number of benzene rings is 1. The van der Waals surface area contributed by atoms with Crippen LogP contribution < -0.4 is 0 Å². The monoisotopic (exact) mass is 248 g/mol. The Balaban J connectivity index is 2.94. The number of esters is 1. The number of aliphatic hydroxyl groups is 1. The van der Waals surface area contributed by atoms with E-state index in [1.54, 1.807) is 13.8 Å². The van der Waals surface area contributed by atoms with Crippen LogP contribution in [0.3, 0.4) is 0 Å². The van der Waals surface area contributed by atoms with E-state index in [0.29, 0.717) is 0 Å². The van der Waals surface area contributed by atoms with Gasteiger partial charge in [0, 0.05) is 0 Å². The maximum atomic E-state index is 11.6. The third-order valence-electron chi connectivity index (χ3n) is 3.02. The second-order valence-corrected chi connectivity index (χ2v) is 4.91. The molecule has 0 aliphatic rings. The predicted octanol–water partition coefficient (Wildman–Crippen LogP) is 2.65. The molecular weight excluding hydrogens is 228 g/mol. The van der Waals surface area contributed by atoms with Crippen LogP contribution in [-0.2, 0) is 9.53 Å². The average molecular weight is 248 g/mol. The Hall–Kier alpha value is -1.61. The van der Waals surface area contributed by atoms with Crippen molar-refractivity contribution in [2.24, 2.45) is 5.41 Å². The lowest BCUT2D eigenvalue weighted by Crippen LogP contribution is -2.38. The summed E-state index contributed by atoms with van der Waals surface area (Å²) in [7, 11) is 1.33. The van der Waals surface area contributed by atoms with E-state index in [4.69, 9.17) is 4.74 Å². The number of methoxy groups -OCH3 is 1. The minimum absolute atomic E-state index is 0.421. The predicted molar refractivity (Wildman–Crippen MR) is 71.9 cm³/mol. The van der Waals surface area contributed by atoms with Crippen molar-refractivity contribution in [3.8, 4) is 0 Å². The molecule has 1 rings (SSSR count). The van der Waals surface area contributed by atoms with E-state index in [1.807, 2.05) is 43.3 Å². The summed E-state index contributed by atoms with van der Waals surface area (Å²) in [5.74, 6) is -0.421. The molecule has 0 aromatic heterocycles. The lowest BCUT2D eigenvalue weighted by Gasteiger charge is -2.28. The standard InChI is InChI=1S/C15H20O3/c1-11(10-12-8-6-5-7-9-12)13(16)15(2,3)14(17)18-4/h5-10,13,16H,1-4H3/b11-10+/t13-/m1/s1. The number of aliphatic hydroxyl groups excluding tert-OH is 1. The first-order valence-corrected chi connectivity index (χ1v) is 5.89. The highest BCUT2D eigenvalue weighted by molar-refractivity contribution is 5.77. The fraction of sp³-hybridized carbons (Fsp3) is 0.400. The zero-order chi connectivity index (χ0) is 13.8. The maximum absolute atomic E-state index is 11.6. The zero-order valence-corrected chi connectivity index (χ0v) is 11.3. The highest BCUT2D eigenvalue weighted by atomic mass is 16.5. The maximum Gasteiger partial charge on any atom is 0.314 e. The van der Waals surface area contributed by atoms with Crippen LogP contribution in [0.15, 0.2) is 35.9 Å². The van der Waals surface area contributed by atoms with Gasteiger partial charge in [-0.2, -0.15) is 0 Å². The Morgan fingerprint density at radius 3 is 2.39 bits per heavy atom. The minimum atomic E-state index is -0.954. The molecule has 0 fully saturated rings. The van der Waals surface area contributed by atoms with Gasteiger partial charge in [-0.25, -0.2) is 0 Å². The van der Waals surface area contributed by atoms with Gasteiger partial charge in [0.15, 0.2) is 0 Å². The largest absolute Gasteiger partial charge is 0.469 e. The summed E-state index contributed by atoms with van der Waals surface area (Å²) in [5, 5.41) is 10.2. The van der Waals surface area contributed by atoms with E-state index in [2.05, 4.69) is 0 Å². The molecule has 1 N–H and O–H groups in total. The van der Waals surface area contributed by atoms with Crippen LogP contribution in [0.4, 0.5) is 0 Å². The van der Waals surface area contributed by atoms with E-state index >= 15 is 0 Å². The summed E-state index contributed by atoms with van der Waals surface area (Å²) in [6.07, 6.45) is 1.00. The van der Waals surface area contributed by atoms with Crippen molar-refractivity contribution in [1.82, 2.24) is 0 Å². The van der Waals surface area contributed by atoms with Crippen molar-refractivity contribution in [3.63, 3.8) is 0 Å². The molecule has 3 heteroatoms. The first-order chi connectivity index (χ1) is 8.39. The van der Waals surface area contributed by atoms with Crippen LogP contribution in [0.25, 0.3) is 6.08 Å². The number of carbonyl (C=O) groups is 1. The lowest BCUT2D eigenvalue weighted by molar-refractivity contribution is -0.155. The molecule has 98 valence electrons. The third kappa shape index (κ3) is 3.20. The van der Waals surface area contributed by atoms with E-state index in [9.17, 15) is 9.90 Å². The van der Waals surface area contributed by atoms with E-state index < -0.39 is 17.5 Å². The van der Waals surface area contributed by atoms with Crippen LogP contribution in [0.2, 0.25) is 0 Å². The van der Waals surface area contributed by atoms with Crippen LogP contribution in [-0.4, -0.2) is 24.3 Å². The molecule has 0 saturated heterocycles. The van der Waals surface area contributed by atoms with Gasteiger partial charge in [-0.15, -0.1) is 0 Å². The number of carbonyl (C=O) groups excluding carboxylic acids is 1. The molecule has 1 atom stereocenters. The summed E-state index contributed by atoms with van der Waals surface area (Å²) in [5.41, 5.74) is 0.774. The molecule has 18 heavy (non-hydrogen) atoms. The van der Waals surface area contributed by atoms with Gasteiger partial charge in [-0.3, -0.25) is 4.79 Å². The first kappa shape index (κ1) is 14.5. The van der Waals surface area contributed by atoms with Gasteiger partial charge in [0.05, 0.1) is 18.6 Å². The molecule has 0 bridgehead atoms. The normalized spacial score (nSPS) is 14.2. The van der Waals surface area contributed by atoms with Crippen molar-refractivity contribution in [2.45, 2.75) is 26.9 Å². The van der Waals surface area contributed by atoms with Crippen LogP contribution in [0.5, 0.6) is 0 Å². The Labute approximate surface area is 108 Å². The van der Waals surface area contributed by atoms with E-state index in [0.717, 1.165) is 11.1 Å². The SMILES string of the molecule is COC(=O)C(C)(C)[C@H](O)/C(C)=C/c1ccccc1. The first-order valence-electron chi connectivity index (χ1n) is 5.89. The Morgan fingerprint density at radius 1 is 1.33 bits per heavy atom. The molecule has 0 radical (unpaired) electrons. The lowest BCUT2D eigenvalue weighted by atomic mass is 9.82. The minimum Gasteiger partial charge on any atom is -0.469 e. The second-order valence-electron chi connectivity index (χ2n) is 4.91. The summed E-state index contributed by atoms with van der Waals surface area (Å²) in [6, 6.07) is 9.68. The van der Waals surface area contributed by atoms with Gasteiger partial charge >= 0.3 is 5.97 Å². The fourth-order valence-corrected chi connectivity index (χ4v) is 1.83. The Morgan fingerprint density at radius 2 is 1.89 bits per heavy atom. The molecule has 0 aliphatic carbocycles. The Bertz CT molecular complexity index is 432. The van der Waals surface area contributed by atoms with Crippen molar-refractivity contribution in [2.75, 3.05) is 7.11 Å². The Kier molecular flexibility index (Phi) is 4.68. The third-order valence-corrected chi connectivity index (χ3v) is 3.02. The molecule has 0 saturated carbocycles. The highest BCUT2D eigenvalue weighted by Crippen LogP contribution is 2.28. The van der Waals surface area contributed by atoms with Gasteiger partial charge in [0.1, 0.15) is 0 Å². The molecular formula is C15H20O3. The molecule has 0 heterocycles. The quantitative estimate of drug-likeness (QED) is 0.833. The summed E-state index contributed by atoms with van der Waals surface area (Å²) >= 11 is 0. The molecule has 1 aromatic rings. The molecule has 0 aliphatic heterocycles. The van der Waals surface area contributed by atoms with Gasteiger partial charge < -0.3 is 9.84 Å². The molecule has 3 nitrogen and oxygen atoms in total. The molecule has 0 spiro atoms. The van der Waals surface area contributed by atoms with Crippen molar-refractivity contribution in [3.05, 3.63) is 41.5 Å². The van der Waals surface area contributed by atoms with E-state index in [1.165, 1.54) is 7.11 Å². The van der Waals surface area contributed by atoms with Gasteiger partial charge in [-0.05, 0) is 31.9 Å². The molecule has 0 amide bonds. The van der Waals surface area contributed by atoms with Crippen LogP contribution >= 0.6 is 0 Å². The molecule has 1 aromatic carbocycles. The highest BCUT2D eigenvalue weighted by Gasteiger charge is 2.37. The number of hydrogen-bond acceptors (Lipinski definition) is 3. The second kappa shape index (κ2) is 5.83. The average Bonchev–Trinajstić information content (AvgIpc) is 2.37. The van der Waals surface area contributed by atoms with E-state index in [-0.39, 0.29) is 0 Å². The summed E-state index contributed by atoms with van der Waals surface area (Å²) < 4.78 is 4.71. The smallest absolute Gasteiger partial charge is 0.314 e. The summed E-state index contributed by atoms with van der Waals surface area (Å²) in [4.78, 5) is 11.6. The van der Waals surface area contributed by atoms with Crippen molar-refractivity contribution in [1.29, 1.82) is 0 Å². The number of ether oxygens (including phenoxy) is 1.